The molecule has 0 spiro atoms. The van der Waals surface area contributed by atoms with Crippen LogP contribution < -0.4 is 10.2 Å². The highest BCUT2D eigenvalue weighted by Crippen LogP contribution is 2.45. The molecule has 3 nitrogen and oxygen atoms in total. The summed E-state index contributed by atoms with van der Waals surface area (Å²) in [5.74, 6) is 0. The lowest BCUT2D eigenvalue weighted by Gasteiger charge is -2.27. The summed E-state index contributed by atoms with van der Waals surface area (Å²) in [5.41, 5.74) is 11.4. The lowest BCUT2D eigenvalue weighted by atomic mass is 9.93. The van der Waals surface area contributed by atoms with Crippen LogP contribution in [0.25, 0.3) is 16.8 Å². The molecule has 1 atom stereocenters. The number of H-pyrrole nitrogens is 1. The van der Waals surface area contributed by atoms with Gasteiger partial charge < -0.3 is 15.2 Å². The standard InChI is InChI=1S/C31H29N3/c1-2-22-12-14-23(15-13-22)26-20-29(32-21-26)24-16-18-25(19-17-24)31-33-28-10-6-7-11-30(28)34(31)27-8-4-3-5-9-27/h3-12,14,16-21,31-33H,2,13,15H2,1H3. The SMILES string of the molecule is CCC1=CC=C(c2c[nH]c(-c3ccc(C4Nc5ccccc5N4c4ccccc4)cc3)c2)CC1. The molecule has 1 unspecified atom stereocenters. The average Bonchev–Trinajstić information content (AvgIpc) is 3.55. The second-order valence-electron chi connectivity index (χ2n) is 9.06. The largest absolute Gasteiger partial charge is 0.361 e. The summed E-state index contributed by atoms with van der Waals surface area (Å²) < 4.78 is 0. The molecular weight excluding hydrogens is 414 g/mol. The van der Waals surface area contributed by atoms with Crippen molar-refractivity contribution in [1.29, 1.82) is 0 Å². The fourth-order valence-electron chi connectivity index (χ4n) is 5.07. The van der Waals surface area contributed by atoms with Crippen molar-refractivity contribution >= 4 is 22.6 Å². The van der Waals surface area contributed by atoms with Gasteiger partial charge in [-0.3, -0.25) is 0 Å². The van der Waals surface area contributed by atoms with Gasteiger partial charge in [0, 0.05) is 17.6 Å². The van der Waals surface area contributed by atoms with Crippen LogP contribution in [0.5, 0.6) is 0 Å². The highest BCUT2D eigenvalue weighted by atomic mass is 15.3. The molecule has 0 saturated carbocycles. The Labute approximate surface area is 201 Å². The van der Waals surface area contributed by atoms with E-state index in [-0.39, 0.29) is 6.17 Å². The lowest BCUT2D eigenvalue weighted by molar-refractivity contribution is 0.828. The van der Waals surface area contributed by atoms with Crippen LogP contribution in [0.3, 0.4) is 0 Å². The maximum atomic E-state index is 3.72. The molecule has 0 amide bonds. The summed E-state index contributed by atoms with van der Waals surface area (Å²) in [6.07, 6.45) is 10.2. The number of hydrogen-bond acceptors (Lipinski definition) is 2. The quantitative estimate of drug-likeness (QED) is 0.324. The van der Waals surface area contributed by atoms with Gasteiger partial charge in [0.25, 0.3) is 0 Å². The third-order valence-corrected chi connectivity index (χ3v) is 7.03. The zero-order valence-corrected chi connectivity index (χ0v) is 19.5. The Kier molecular flexibility index (Phi) is 5.31. The second-order valence-corrected chi connectivity index (χ2v) is 9.06. The molecular formula is C31H29N3. The van der Waals surface area contributed by atoms with E-state index in [1.807, 2.05) is 0 Å². The first kappa shape index (κ1) is 20.6. The highest BCUT2D eigenvalue weighted by molar-refractivity contribution is 5.83. The first-order chi connectivity index (χ1) is 16.8. The first-order valence-electron chi connectivity index (χ1n) is 12.2. The topological polar surface area (TPSA) is 31.1 Å². The molecule has 1 aliphatic carbocycles. The molecule has 2 N–H and O–H groups in total. The van der Waals surface area contributed by atoms with Crippen LogP contribution in [0, 0.1) is 0 Å². The number of aromatic nitrogens is 1. The summed E-state index contributed by atoms with van der Waals surface area (Å²) in [4.78, 5) is 5.87. The van der Waals surface area contributed by atoms with Gasteiger partial charge in [0.15, 0.2) is 0 Å². The van der Waals surface area contributed by atoms with Crippen LogP contribution >= 0.6 is 0 Å². The maximum Gasteiger partial charge on any atom is 0.130 e. The van der Waals surface area contributed by atoms with E-state index in [0.717, 1.165) is 24.2 Å². The van der Waals surface area contributed by atoms with Crippen molar-refractivity contribution in [3.8, 4) is 11.3 Å². The molecule has 0 fully saturated rings. The molecule has 2 aliphatic rings. The van der Waals surface area contributed by atoms with Crippen LogP contribution in [0.15, 0.2) is 109 Å². The van der Waals surface area contributed by atoms with E-state index in [1.165, 1.54) is 40.1 Å². The zero-order chi connectivity index (χ0) is 22.9. The minimum absolute atomic E-state index is 0.0556. The molecule has 168 valence electrons. The van der Waals surface area contributed by atoms with Gasteiger partial charge in [0.05, 0.1) is 11.4 Å². The Hall–Kier alpha value is -3.98. The van der Waals surface area contributed by atoms with Crippen molar-refractivity contribution in [3.05, 3.63) is 120 Å². The van der Waals surface area contributed by atoms with E-state index in [2.05, 4.69) is 125 Å². The van der Waals surface area contributed by atoms with Crippen molar-refractivity contribution in [3.63, 3.8) is 0 Å². The van der Waals surface area contributed by atoms with Crippen LogP contribution in [0.4, 0.5) is 17.1 Å². The molecule has 4 aromatic rings. The Morgan fingerprint density at radius 2 is 1.62 bits per heavy atom. The molecule has 0 saturated heterocycles. The van der Waals surface area contributed by atoms with E-state index in [1.54, 1.807) is 5.57 Å². The molecule has 3 aromatic carbocycles. The molecule has 34 heavy (non-hydrogen) atoms. The summed E-state index contributed by atoms with van der Waals surface area (Å²) in [6, 6.07) is 30.3. The third kappa shape index (κ3) is 3.73. The van der Waals surface area contributed by atoms with Crippen LogP contribution in [-0.2, 0) is 0 Å². The van der Waals surface area contributed by atoms with E-state index in [0.29, 0.717) is 0 Å². The number of fused-ring (bicyclic) bond motifs is 1. The molecule has 2 heterocycles. The number of hydrogen-bond donors (Lipinski definition) is 2. The van der Waals surface area contributed by atoms with Crippen LogP contribution in [-0.4, -0.2) is 4.98 Å². The van der Waals surface area contributed by atoms with Crippen molar-refractivity contribution < 1.29 is 0 Å². The predicted octanol–water partition coefficient (Wildman–Crippen LogP) is 8.46. The summed E-state index contributed by atoms with van der Waals surface area (Å²) in [5, 5.41) is 3.72. The third-order valence-electron chi connectivity index (χ3n) is 7.03. The molecule has 6 rings (SSSR count). The fraction of sp³-hybridized carbons (Fsp3) is 0.161. The first-order valence-corrected chi connectivity index (χ1v) is 12.2. The number of benzene rings is 3. The van der Waals surface area contributed by atoms with E-state index >= 15 is 0 Å². The maximum absolute atomic E-state index is 3.72. The smallest absolute Gasteiger partial charge is 0.130 e. The summed E-state index contributed by atoms with van der Waals surface area (Å²) in [6.45, 7) is 2.24. The number of para-hydroxylation sites is 3. The van der Waals surface area contributed by atoms with Crippen molar-refractivity contribution in [2.75, 3.05) is 10.2 Å². The van der Waals surface area contributed by atoms with Crippen molar-refractivity contribution in [1.82, 2.24) is 4.98 Å². The van der Waals surface area contributed by atoms with E-state index in [9.17, 15) is 0 Å². The molecule has 3 heteroatoms. The van der Waals surface area contributed by atoms with Gasteiger partial charge in [-0.05, 0) is 71.9 Å². The summed E-state index contributed by atoms with van der Waals surface area (Å²) in [7, 11) is 0. The Balaban J connectivity index is 1.28. The average molecular weight is 444 g/mol. The second kappa shape index (κ2) is 8.75. The minimum Gasteiger partial charge on any atom is -0.361 e. The number of rotatable bonds is 5. The molecule has 0 bridgehead atoms. The van der Waals surface area contributed by atoms with Crippen LogP contribution in [0.2, 0.25) is 0 Å². The zero-order valence-electron chi connectivity index (χ0n) is 19.5. The van der Waals surface area contributed by atoms with Gasteiger partial charge in [-0.1, -0.05) is 79.2 Å². The number of nitrogens with zero attached hydrogens (tertiary/aromatic N) is 1. The number of aromatic amines is 1. The van der Waals surface area contributed by atoms with Gasteiger partial charge in [0.2, 0.25) is 0 Å². The van der Waals surface area contributed by atoms with Crippen molar-refractivity contribution in [2.45, 2.75) is 32.4 Å². The monoisotopic (exact) mass is 443 g/mol. The van der Waals surface area contributed by atoms with Gasteiger partial charge in [-0.2, -0.15) is 0 Å². The van der Waals surface area contributed by atoms with E-state index < -0.39 is 0 Å². The van der Waals surface area contributed by atoms with Crippen LogP contribution in [0.1, 0.15) is 43.5 Å². The number of nitrogens with one attached hydrogen (secondary N) is 2. The van der Waals surface area contributed by atoms with Gasteiger partial charge in [-0.25, -0.2) is 0 Å². The van der Waals surface area contributed by atoms with E-state index in [4.69, 9.17) is 0 Å². The van der Waals surface area contributed by atoms with Crippen molar-refractivity contribution in [2.24, 2.45) is 0 Å². The van der Waals surface area contributed by atoms with Gasteiger partial charge >= 0.3 is 0 Å². The molecule has 1 aliphatic heterocycles. The molecule has 1 aromatic heterocycles. The lowest BCUT2D eigenvalue weighted by Crippen LogP contribution is -2.23. The number of anilines is 3. The predicted molar refractivity (Wildman–Crippen MR) is 143 cm³/mol. The Morgan fingerprint density at radius 1 is 0.824 bits per heavy atom. The Bertz CT molecular complexity index is 1360. The number of allylic oxidation sites excluding steroid dienone is 4. The minimum atomic E-state index is 0.0556. The Morgan fingerprint density at radius 3 is 2.38 bits per heavy atom. The fourth-order valence-corrected chi connectivity index (χ4v) is 5.07. The summed E-state index contributed by atoms with van der Waals surface area (Å²) >= 11 is 0. The van der Waals surface area contributed by atoms with Gasteiger partial charge in [0.1, 0.15) is 6.17 Å². The highest BCUT2D eigenvalue weighted by Gasteiger charge is 2.30. The van der Waals surface area contributed by atoms with Gasteiger partial charge in [-0.15, -0.1) is 0 Å². The molecule has 0 radical (unpaired) electrons. The normalized spacial score (nSPS) is 17.1.